The molecule has 0 aliphatic heterocycles. The Hall–Kier alpha value is -2.62. The van der Waals surface area contributed by atoms with Crippen LogP contribution in [0.15, 0.2) is 10.5 Å². The van der Waals surface area contributed by atoms with Gasteiger partial charge in [0.05, 0.1) is 12.3 Å². The van der Waals surface area contributed by atoms with Crippen molar-refractivity contribution in [3.8, 4) is 23.5 Å². The van der Waals surface area contributed by atoms with Crippen LogP contribution in [-0.2, 0) is 0 Å². The third kappa shape index (κ3) is 2.08. The minimum absolute atomic E-state index is 0.172. The average Bonchev–Trinajstić information content (AvgIpc) is 2.76. The second kappa shape index (κ2) is 4.71. The molecule has 7 nitrogen and oxygen atoms in total. The second-order valence-electron chi connectivity index (χ2n) is 3.45. The van der Waals surface area contributed by atoms with Gasteiger partial charge in [-0.15, -0.1) is 10.2 Å². The molecule has 0 saturated carbocycles. The highest BCUT2D eigenvalue weighted by Crippen LogP contribution is 2.27. The Morgan fingerprint density at radius 3 is 2.83 bits per heavy atom. The molecule has 0 amide bonds. The van der Waals surface area contributed by atoms with Crippen molar-refractivity contribution in [1.29, 1.82) is 5.26 Å². The Kier molecular flexibility index (Phi) is 3.10. The van der Waals surface area contributed by atoms with Crippen molar-refractivity contribution in [1.82, 2.24) is 15.2 Å². The van der Waals surface area contributed by atoms with Crippen molar-refractivity contribution < 1.29 is 9.15 Å². The van der Waals surface area contributed by atoms with Gasteiger partial charge < -0.3 is 14.9 Å². The van der Waals surface area contributed by atoms with Crippen molar-refractivity contribution in [3.63, 3.8) is 0 Å². The quantitative estimate of drug-likeness (QED) is 0.867. The van der Waals surface area contributed by atoms with Crippen LogP contribution in [0, 0.1) is 18.3 Å². The zero-order chi connectivity index (χ0) is 13.1. The summed E-state index contributed by atoms with van der Waals surface area (Å²) in [6, 6.07) is 3.46. The Labute approximate surface area is 103 Å². The molecule has 0 unspecified atom stereocenters. The fraction of sp³-hybridized carbons (Fsp3) is 0.273. The molecule has 2 N–H and O–H groups in total. The maximum Gasteiger partial charge on any atom is 0.266 e. The molecule has 0 radical (unpaired) electrons. The standard InChI is InChI=1S/C11H11N5O2/c1-3-17-10-7(5-12)8(13)4-9(14-10)11-16-15-6(2)18-11/h4H,3H2,1-2H3,(H2,13,14). The minimum atomic E-state index is 0.172. The monoisotopic (exact) mass is 245 g/mol. The third-order valence-electron chi connectivity index (χ3n) is 2.15. The fourth-order valence-corrected chi connectivity index (χ4v) is 1.40. The molecule has 2 aromatic rings. The van der Waals surface area contributed by atoms with E-state index in [0.717, 1.165) is 0 Å². The molecule has 2 aromatic heterocycles. The van der Waals surface area contributed by atoms with Crippen LogP contribution in [0.25, 0.3) is 11.6 Å². The first-order valence-electron chi connectivity index (χ1n) is 5.29. The van der Waals surface area contributed by atoms with Crippen LogP contribution in [0.1, 0.15) is 18.4 Å². The number of hydrogen-bond acceptors (Lipinski definition) is 7. The molecule has 0 aromatic carbocycles. The summed E-state index contributed by atoms with van der Waals surface area (Å²) < 4.78 is 10.5. The smallest absolute Gasteiger partial charge is 0.266 e. The van der Waals surface area contributed by atoms with Crippen LogP contribution < -0.4 is 10.5 Å². The van der Waals surface area contributed by atoms with E-state index in [-0.39, 0.29) is 23.0 Å². The van der Waals surface area contributed by atoms with Gasteiger partial charge in [0.1, 0.15) is 17.3 Å². The second-order valence-corrected chi connectivity index (χ2v) is 3.45. The number of nitrogens with two attached hydrogens (primary N) is 1. The number of hydrogen-bond donors (Lipinski definition) is 1. The van der Waals surface area contributed by atoms with E-state index in [2.05, 4.69) is 15.2 Å². The topological polar surface area (TPSA) is 111 Å². The van der Waals surface area contributed by atoms with Gasteiger partial charge in [-0.05, 0) is 13.0 Å². The predicted molar refractivity (Wildman–Crippen MR) is 62.6 cm³/mol. The molecule has 0 fully saturated rings. The molecule has 2 heterocycles. The number of aryl methyl sites for hydroxylation is 1. The largest absolute Gasteiger partial charge is 0.477 e. The Morgan fingerprint density at radius 2 is 2.28 bits per heavy atom. The molecule has 0 spiro atoms. The summed E-state index contributed by atoms with van der Waals surface area (Å²) in [4.78, 5) is 4.16. The van der Waals surface area contributed by atoms with Gasteiger partial charge in [-0.1, -0.05) is 0 Å². The van der Waals surface area contributed by atoms with Crippen LogP contribution in [-0.4, -0.2) is 21.8 Å². The van der Waals surface area contributed by atoms with Gasteiger partial charge in [0, 0.05) is 6.92 Å². The Morgan fingerprint density at radius 1 is 1.50 bits per heavy atom. The van der Waals surface area contributed by atoms with Gasteiger partial charge in [-0.25, -0.2) is 4.98 Å². The van der Waals surface area contributed by atoms with Crippen LogP contribution in [0.5, 0.6) is 5.88 Å². The molecule has 0 saturated heterocycles. The highest BCUT2D eigenvalue weighted by Gasteiger charge is 2.15. The number of anilines is 1. The summed E-state index contributed by atoms with van der Waals surface area (Å²) in [5.74, 6) is 0.836. The fourth-order valence-electron chi connectivity index (χ4n) is 1.40. The van der Waals surface area contributed by atoms with Gasteiger partial charge in [-0.2, -0.15) is 5.26 Å². The van der Waals surface area contributed by atoms with E-state index in [4.69, 9.17) is 20.1 Å². The van der Waals surface area contributed by atoms with Gasteiger partial charge in [0.25, 0.3) is 5.89 Å². The number of nitriles is 1. The van der Waals surface area contributed by atoms with Crippen molar-refractivity contribution in [2.24, 2.45) is 0 Å². The summed E-state index contributed by atoms with van der Waals surface area (Å²) in [7, 11) is 0. The number of ether oxygens (including phenoxy) is 1. The predicted octanol–water partition coefficient (Wildman–Crippen LogP) is 1.29. The first-order chi connectivity index (χ1) is 8.65. The van der Waals surface area contributed by atoms with E-state index < -0.39 is 0 Å². The molecular weight excluding hydrogens is 234 g/mol. The molecule has 0 atom stereocenters. The first kappa shape index (κ1) is 11.9. The zero-order valence-corrected chi connectivity index (χ0v) is 9.97. The first-order valence-corrected chi connectivity index (χ1v) is 5.29. The SMILES string of the molecule is CCOc1nc(-c2nnc(C)o2)cc(N)c1C#N. The molecule has 0 aliphatic carbocycles. The van der Waals surface area contributed by atoms with Crippen molar-refractivity contribution in [2.45, 2.75) is 13.8 Å². The molecule has 7 heteroatoms. The van der Waals surface area contributed by atoms with Crippen LogP contribution in [0.4, 0.5) is 5.69 Å². The van der Waals surface area contributed by atoms with Crippen LogP contribution >= 0.6 is 0 Å². The van der Waals surface area contributed by atoms with Crippen molar-refractivity contribution in [2.75, 3.05) is 12.3 Å². The van der Waals surface area contributed by atoms with Crippen LogP contribution in [0.3, 0.4) is 0 Å². The maximum atomic E-state index is 8.99. The summed E-state index contributed by atoms with van der Waals surface area (Å²) in [5, 5.41) is 16.5. The molecular formula is C11H11N5O2. The summed E-state index contributed by atoms with van der Waals surface area (Å²) in [6.07, 6.45) is 0. The van der Waals surface area contributed by atoms with E-state index in [1.165, 1.54) is 6.07 Å². The maximum absolute atomic E-state index is 8.99. The Balaban J connectivity index is 2.54. The zero-order valence-electron chi connectivity index (χ0n) is 9.97. The summed E-state index contributed by atoms with van der Waals surface area (Å²) >= 11 is 0. The van der Waals surface area contributed by atoms with E-state index >= 15 is 0 Å². The lowest BCUT2D eigenvalue weighted by Gasteiger charge is -2.07. The average molecular weight is 245 g/mol. The number of nitrogens with zero attached hydrogens (tertiary/aromatic N) is 4. The lowest BCUT2D eigenvalue weighted by atomic mass is 10.2. The number of aromatic nitrogens is 3. The summed E-state index contributed by atoms with van der Waals surface area (Å²) in [6.45, 7) is 3.85. The van der Waals surface area contributed by atoms with Crippen molar-refractivity contribution in [3.05, 3.63) is 17.5 Å². The lowest BCUT2D eigenvalue weighted by molar-refractivity contribution is 0.326. The van der Waals surface area contributed by atoms with Gasteiger partial charge in [-0.3, -0.25) is 0 Å². The number of nitrogen functional groups attached to an aromatic ring is 1. The van der Waals surface area contributed by atoms with Gasteiger partial charge in [0.15, 0.2) is 0 Å². The number of pyridine rings is 1. The van der Waals surface area contributed by atoms with E-state index in [0.29, 0.717) is 18.2 Å². The molecule has 18 heavy (non-hydrogen) atoms. The van der Waals surface area contributed by atoms with Crippen molar-refractivity contribution >= 4 is 5.69 Å². The molecule has 0 aliphatic rings. The normalized spacial score (nSPS) is 10.1. The van der Waals surface area contributed by atoms with E-state index in [1.54, 1.807) is 13.8 Å². The van der Waals surface area contributed by atoms with Gasteiger partial charge in [0.2, 0.25) is 11.8 Å². The van der Waals surface area contributed by atoms with Crippen LogP contribution in [0.2, 0.25) is 0 Å². The lowest BCUT2D eigenvalue weighted by Crippen LogP contribution is -2.02. The third-order valence-corrected chi connectivity index (χ3v) is 2.15. The minimum Gasteiger partial charge on any atom is -0.477 e. The van der Waals surface area contributed by atoms with E-state index in [9.17, 15) is 0 Å². The molecule has 92 valence electrons. The molecule has 2 rings (SSSR count). The Bertz CT molecular complexity index is 614. The van der Waals surface area contributed by atoms with E-state index in [1.807, 2.05) is 6.07 Å². The van der Waals surface area contributed by atoms with Gasteiger partial charge >= 0.3 is 0 Å². The number of rotatable bonds is 3. The highest BCUT2D eigenvalue weighted by molar-refractivity contribution is 5.65. The molecule has 0 bridgehead atoms. The summed E-state index contributed by atoms with van der Waals surface area (Å²) in [5.41, 5.74) is 6.63. The highest BCUT2D eigenvalue weighted by atomic mass is 16.5.